The topological polar surface area (TPSA) is 76.0 Å². The number of benzene rings is 3. The molecule has 0 spiro atoms. The van der Waals surface area contributed by atoms with E-state index >= 15 is 0 Å². The fourth-order valence-electron chi connectivity index (χ4n) is 4.66. The third-order valence-corrected chi connectivity index (χ3v) is 6.70. The number of aliphatic hydroxyl groups excluding tert-OH is 1. The van der Waals surface area contributed by atoms with E-state index in [4.69, 9.17) is 4.74 Å². The summed E-state index contributed by atoms with van der Waals surface area (Å²) in [6.07, 6.45) is 3.04. The van der Waals surface area contributed by atoms with E-state index in [2.05, 4.69) is 24.7 Å². The number of rotatable bonds is 8. The van der Waals surface area contributed by atoms with Crippen LogP contribution in [-0.4, -0.2) is 23.3 Å². The van der Waals surface area contributed by atoms with Crippen molar-refractivity contribution in [3.63, 3.8) is 0 Å². The summed E-state index contributed by atoms with van der Waals surface area (Å²) in [6, 6.07) is 16.8. The molecule has 1 atom stereocenters. The molecular formula is C30H31FO5. The van der Waals surface area contributed by atoms with Crippen molar-refractivity contribution < 1.29 is 28.9 Å². The van der Waals surface area contributed by atoms with Crippen LogP contribution in [0, 0.1) is 11.2 Å². The molecule has 0 bridgehead atoms. The average molecular weight is 491 g/mol. The van der Waals surface area contributed by atoms with E-state index in [1.807, 2.05) is 18.2 Å². The monoisotopic (exact) mass is 490 g/mol. The Bertz CT molecular complexity index is 1290. The highest BCUT2D eigenvalue weighted by Gasteiger charge is 2.30. The average Bonchev–Trinajstić information content (AvgIpc) is 3.22. The minimum Gasteiger partial charge on any atom is -0.508 e. The molecule has 6 heteroatoms. The lowest BCUT2D eigenvalue weighted by molar-refractivity contribution is -0.142. The molecule has 0 aromatic heterocycles. The highest BCUT2D eigenvalue weighted by atomic mass is 19.1. The van der Waals surface area contributed by atoms with Gasteiger partial charge in [-0.25, -0.2) is 4.39 Å². The third kappa shape index (κ3) is 5.60. The molecule has 0 aliphatic heterocycles. The number of esters is 1. The molecule has 0 heterocycles. The molecule has 0 saturated heterocycles. The lowest BCUT2D eigenvalue weighted by Crippen LogP contribution is -2.10. The Balaban J connectivity index is 1.62. The van der Waals surface area contributed by atoms with Gasteiger partial charge in [-0.15, -0.1) is 0 Å². The van der Waals surface area contributed by atoms with Crippen molar-refractivity contribution in [2.45, 2.75) is 45.8 Å². The highest BCUT2D eigenvalue weighted by molar-refractivity contribution is 5.85. The van der Waals surface area contributed by atoms with Crippen molar-refractivity contribution in [2.24, 2.45) is 5.41 Å². The van der Waals surface area contributed by atoms with Gasteiger partial charge in [0.2, 0.25) is 0 Å². The Morgan fingerprint density at radius 2 is 1.86 bits per heavy atom. The Morgan fingerprint density at radius 3 is 2.58 bits per heavy atom. The fraction of sp³-hybridized carbons (Fsp3) is 0.300. The van der Waals surface area contributed by atoms with Crippen LogP contribution < -0.4 is 4.74 Å². The van der Waals surface area contributed by atoms with Gasteiger partial charge < -0.3 is 19.7 Å². The summed E-state index contributed by atoms with van der Waals surface area (Å²) < 4.78 is 25.4. The number of carbonyl (C=O) groups excluding carboxylic acids is 1. The van der Waals surface area contributed by atoms with Crippen molar-refractivity contribution in [3.05, 3.63) is 89.2 Å². The van der Waals surface area contributed by atoms with Crippen molar-refractivity contribution in [3.8, 4) is 22.6 Å². The number of phenols is 1. The van der Waals surface area contributed by atoms with E-state index < -0.39 is 17.9 Å². The first kappa shape index (κ1) is 25.5. The van der Waals surface area contributed by atoms with Crippen LogP contribution in [0.1, 0.15) is 55.9 Å². The van der Waals surface area contributed by atoms with Crippen LogP contribution in [-0.2, 0) is 16.1 Å². The molecule has 3 aromatic rings. The lowest BCUT2D eigenvalue weighted by Gasteiger charge is -2.25. The summed E-state index contributed by atoms with van der Waals surface area (Å²) in [5, 5.41) is 20.3. The number of ether oxygens (including phenoxy) is 2. The van der Waals surface area contributed by atoms with Crippen molar-refractivity contribution in [1.29, 1.82) is 0 Å². The van der Waals surface area contributed by atoms with Gasteiger partial charge in [0.1, 0.15) is 23.9 Å². The Kier molecular flexibility index (Phi) is 7.45. The fourth-order valence-corrected chi connectivity index (χ4v) is 4.66. The number of aromatic hydroxyl groups is 1. The molecule has 0 saturated carbocycles. The number of phenolic OH excluding ortho intramolecular Hbond substituents is 1. The van der Waals surface area contributed by atoms with Gasteiger partial charge in [-0.2, -0.15) is 0 Å². The molecule has 2 N–H and O–H groups in total. The van der Waals surface area contributed by atoms with Gasteiger partial charge in [-0.1, -0.05) is 44.2 Å². The van der Waals surface area contributed by atoms with Crippen molar-refractivity contribution >= 4 is 11.5 Å². The second kappa shape index (κ2) is 10.5. The molecular weight excluding hydrogens is 459 g/mol. The summed E-state index contributed by atoms with van der Waals surface area (Å²) in [6.45, 7) is 4.63. The van der Waals surface area contributed by atoms with Crippen LogP contribution in [0.4, 0.5) is 4.39 Å². The van der Waals surface area contributed by atoms with Crippen LogP contribution >= 0.6 is 0 Å². The maximum Gasteiger partial charge on any atom is 0.308 e. The molecule has 188 valence electrons. The number of carbonyl (C=O) groups is 1. The molecule has 1 aliphatic rings. The number of hydrogen-bond acceptors (Lipinski definition) is 5. The maximum absolute atomic E-state index is 14.8. The predicted molar refractivity (Wildman–Crippen MR) is 137 cm³/mol. The van der Waals surface area contributed by atoms with Crippen LogP contribution in [0.3, 0.4) is 0 Å². The number of methoxy groups -OCH3 is 1. The SMILES string of the molecule is COC(=O)C[C@@H](O)c1cccc(OCc2ccc(-c3cc(O)ccc3F)c(C3=CCCC3(C)C)c2)c1. The van der Waals surface area contributed by atoms with E-state index in [-0.39, 0.29) is 24.2 Å². The van der Waals surface area contributed by atoms with E-state index in [0.717, 1.165) is 35.1 Å². The predicted octanol–water partition coefficient (Wildman–Crippen LogP) is 6.58. The maximum atomic E-state index is 14.8. The number of hydrogen-bond donors (Lipinski definition) is 2. The third-order valence-electron chi connectivity index (χ3n) is 6.70. The molecule has 0 unspecified atom stereocenters. The first-order valence-electron chi connectivity index (χ1n) is 12.0. The first-order valence-corrected chi connectivity index (χ1v) is 12.0. The molecule has 5 nitrogen and oxygen atoms in total. The van der Waals surface area contributed by atoms with Gasteiger partial charge in [0.05, 0.1) is 19.6 Å². The zero-order chi connectivity index (χ0) is 25.9. The van der Waals surface area contributed by atoms with Gasteiger partial charge in [0.25, 0.3) is 0 Å². The summed E-state index contributed by atoms with van der Waals surface area (Å²) in [7, 11) is 1.28. The summed E-state index contributed by atoms with van der Waals surface area (Å²) in [5.41, 5.74) is 4.55. The van der Waals surface area contributed by atoms with Crippen molar-refractivity contribution in [1.82, 2.24) is 0 Å². The van der Waals surface area contributed by atoms with Crippen LogP contribution in [0.25, 0.3) is 16.7 Å². The van der Waals surface area contributed by atoms with Gasteiger partial charge in [-0.05, 0) is 82.5 Å². The number of aliphatic hydroxyl groups is 1. The quantitative estimate of drug-likeness (QED) is 0.349. The van der Waals surface area contributed by atoms with E-state index in [1.54, 1.807) is 24.3 Å². The molecule has 0 amide bonds. The number of halogens is 1. The zero-order valence-electron chi connectivity index (χ0n) is 20.8. The van der Waals surface area contributed by atoms with Crippen LogP contribution in [0.15, 0.2) is 66.7 Å². The Hall–Kier alpha value is -3.64. The number of allylic oxidation sites excluding steroid dienone is 2. The second-order valence-electron chi connectivity index (χ2n) is 9.74. The summed E-state index contributed by atoms with van der Waals surface area (Å²) in [4.78, 5) is 11.5. The molecule has 0 fully saturated rings. The van der Waals surface area contributed by atoms with E-state index in [9.17, 15) is 19.4 Å². The van der Waals surface area contributed by atoms with E-state index in [0.29, 0.717) is 16.9 Å². The zero-order valence-corrected chi connectivity index (χ0v) is 20.8. The molecule has 36 heavy (non-hydrogen) atoms. The van der Waals surface area contributed by atoms with Crippen LogP contribution in [0.5, 0.6) is 11.5 Å². The second-order valence-corrected chi connectivity index (χ2v) is 9.74. The molecule has 3 aromatic carbocycles. The van der Waals surface area contributed by atoms with Gasteiger partial charge in [0.15, 0.2) is 0 Å². The Morgan fingerprint density at radius 1 is 1.06 bits per heavy atom. The van der Waals surface area contributed by atoms with Gasteiger partial charge in [-0.3, -0.25) is 4.79 Å². The normalized spacial score (nSPS) is 15.3. The van der Waals surface area contributed by atoms with Gasteiger partial charge in [0, 0.05) is 5.56 Å². The lowest BCUT2D eigenvalue weighted by atomic mass is 9.79. The molecule has 1 aliphatic carbocycles. The highest BCUT2D eigenvalue weighted by Crippen LogP contribution is 2.47. The summed E-state index contributed by atoms with van der Waals surface area (Å²) >= 11 is 0. The smallest absolute Gasteiger partial charge is 0.308 e. The van der Waals surface area contributed by atoms with Crippen molar-refractivity contribution in [2.75, 3.05) is 7.11 Å². The van der Waals surface area contributed by atoms with Gasteiger partial charge >= 0.3 is 5.97 Å². The largest absolute Gasteiger partial charge is 0.508 e. The molecule has 0 radical (unpaired) electrons. The molecule has 4 rings (SSSR count). The van der Waals surface area contributed by atoms with E-state index in [1.165, 1.54) is 25.3 Å². The standard InChI is InChI=1S/C30H31FO5/c1-30(2)13-5-8-26(30)24-14-19(9-11-23(24)25-16-21(32)10-12-27(25)31)18-36-22-7-4-6-20(15-22)28(33)17-29(34)35-3/h4,6-12,14-16,28,32-33H,5,13,17-18H2,1-3H3/t28-/m1/s1. The first-order chi connectivity index (χ1) is 17.2. The summed E-state index contributed by atoms with van der Waals surface area (Å²) in [5.74, 6) is -0.314. The minimum atomic E-state index is -0.986. The minimum absolute atomic E-state index is 0.0127. The van der Waals surface area contributed by atoms with Crippen LogP contribution in [0.2, 0.25) is 0 Å². The Labute approximate surface area is 210 Å².